The van der Waals surface area contributed by atoms with Crippen molar-refractivity contribution in [3.05, 3.63) is 71.5 Å². The molecule has 0 aliphatic rings. The van der Waals surface area contributed by atoms with Gasteiger partial charge >= 0.3 is 0 Å². The molecule has 10 heteroatoms. The van der Waals surface area contributed by atoms with Gasteiger partial charge in [-0.3, -0.25) is 15.1 Å². The van der Waals surface area contributed by atoms with Gasteiger partial charge in [-0.25, -0.2) is 9.97 Å². The molecule has 1 N–H and O–H groups in total. The molecule has 1 aromatic carbocycles. The minimum absolute atomic E-state index is 0.362. The standard InChI is InChI=1S/C23H16ClN5O3S/c1-12-7-15(16-8-14(24)3-4-19(16)31-2)17(9-25-12)21(30)29-23-28-20-22(33-23)27-18(10-26-20)13-5-6-32-11-13/h3-11H,1-2H3,(H,26,28,29,30). The lowest BCUT2D eigenvalue weighted by Crippen LogP contribution is -2.14. The van der Waals surface area contributed by atoms with Crippen molar-refractivity contribution < 1.29 is 13.9 Å². The van der Waals surface area contributed by atoms with Gasteiger partial charge in [-0.2, -0.15) is 4.98 Å². The van der Waals surface area contributed by atoms with E-state index in [-0.39, 0.29) is 5.91 Å². The molecule has 5 aromatic rings. The highest BCUT2D eigenvalue weighted by Gasteiger charge is 2.19. The Morgan fingerprint density at radius 2 is 2.00 bits per heavy atom. The first-order chi connectivity index (χ1) is 16.0. The highest BCUT2D eigenvalue weighted by atomic mass is 35.5. The predicted octanol–water partition coefficient (Wildman–Crippen LogP) is 5.63. The smallest absolute Gasteiger partial charge is 0.259 e. The fourth-order valence-electron chi connectivity index (χ4n) is 3.34. The number of thiazole rings is 1. The van der Waals surface area contributed by atoms with Crippen molar-refractivity contribution in [3.8, 4) is 28.1 Å². The van der Waals surface area contributed by atoms with Gasteiger partial charge in [0.1, 0.15) is 5.75 Å². The quantitative estimate of drug-likeness (QED) is 0.349. The molecule has 0 aliphatic heterocycles. The number of aryl methyl sites for hydroxylation is 1. The van der Waals surface area contributed by atoms with Gasteiger partial charge in [-0.15, -0.1) is 0 Å². The summed E-state index contributed by atoms with van der Waals surface area (Å²) < 4.78 is 10.6. The van der Waals surface area contributed by atoms with E-state index >= 15 is 0 Å². The van der Waals surface area contributed by atoms with Crippen LogP contribution in [0.2, 0.25) is 5.02 Å². The van der Waals surface area contributed by atoms with Crippen LogP contribution in [0.15, 0.2) is 59.7 Å². The van der Waals surface area contributed by atoms with Gasteiger partial charge < -0.3 is 9.15 Å². The van der Waals surface area contributed by atoms with Gasteiger partial charge in [0.25, 0.3) is 5.91 Å². The number of hydrogen-bond acceptors (Lipinski definition) is 8. The van der Waals surface area contributed by atoms with E-state index in [0.717, 1.165) is 11.3 Å². The lowest BCUT2D eigenvalue weighted by molar-refractivity contribution is 0.102. The van der Waals surface area contributed by atoms with E-state index < -0.39 is 0 Å². The molecule has 0 fully saturated rings. The maximum absolute atomic E-state index is 13.2. The summed E-state index contributed by atoms with van der Waals surface area (Å²) in [6, 6.07) is 8.88. The van der Waals surface area contributed by atoms with E-state index in [0.29, 0.717) is 48.8 Å². The largest absolute Gasteiger partial charge is 0.496 e. The van der Waals surface area contributed by atoms with E-state index in [9.17, 15) is 4.79 Å². The molecule has 5 rings (SSSR count). The Balaban J connectivity index is 1.50. The number of pyridine rings is 1. The second kappa shape index (κ2) is 8.61. The van der Waals surface area contributed by atoms with E-state index in [2.05, 4.69) is 25.3 Å². The Labute approximate surface area is 197 Å². The molecule has 33 heavy (non-hydrogen) atoms. The second-order valence-electron chi connectivity index (χ2n) is 7.09. The maximum atomic E-state index is 13.2. The number of amides is 1. The van der Waals surface area contributed by atoms with Gasteiger partial charge in [0.15, 0.2) is 15.6 Å². The van der Waals surface area contributed by atoms with Gasteiger partial charge in [-0.05, 0) is 37.3 Å². The van der Waals surface area contributed by atoms with Crippen LogP contribution < -0.4 is 10.1 Å². The van der Waals surface area contributed by atoms with E-state index in [1.807, 2.05) is 13.0 Å². The Morgan fingerprint density at radius 1 is 1.12 bits per heavy atom. The summed E-state index contributed by atoms with van der Waals surface area (Å²) in [6.45, 7) is 1.85. The van der Waals surface area contributed by atoms with Crippen LogP contribution in [0, 0.1) is 6.92 Å². The zero-order valence-corrected chi connectivity index (χ0v) is 19.1. The number of benzene rings is 1. The molecule has 4 heterocycles. The van der Waals surface area contributed by atoms with E-state index in [1.165, 1.54) is 17.5 Å². The van der Waals surface area contributed by atoms with Crippen molar-refractivity contribution in [2.75, 3.05) is 12.4 Å². The third-order valence-electron chi connectivity index (χ3n) is 4.90. The highest BCUT2D eigenvalue weighted by molar-refractivity contribution is 7.21. The Hall–Kier alpha value is -3.82. The Morgan fingerprint density at radius 3 is 2.79 bits per heavy atom. The molecule has 164 valence electrons. The fourth-order valence-corrected chi connectivity index (χ4v) is 4.31. The number of rotatable bonds is 5. The van der Waals surface area contributed by atoms with Crippen molar-refractivity contribution >= 4 is 44.5 Å². The van der Waals surface area contributed by atoms with Crippen LogP contribution >= 0.6 is 22.9 Å². The third kappa shape index (κ3) is 4.15. The van der Waals surface area contributed by atoms with Crippen LogP contribution in [-0.2, 0) is 0 Å². The molecule has 8 nitrogen and oxygen atoms in total. The summed E-state index contributed by atoms with van der Waals surface area (Å²) in [7, 11) is 1.57. The number of fused-ring (bicyclic) bond motifs is 1. The molecule has 0 saturated carbocycles. The van der Waals surface area contributed by atoms with Crippen molar-refractivity contribution in [2.24, 2.45) is 0 Å². The van der Waals surface area contributed by atoms with Gasteiger partial charge in [0, 0.05) is 33.6 Å². The Kier molecular flexibility index (Phi) is 5.49. The first-order valence-electron chi connectivity index (χ1n) is 9.80. The monoisotopic (exact) mass is 477 g/mol. The first kappa shape index (κ1) is 21.0. The van der Waals surface area contributed by atoms with Crippen LogP contribution in [0.25, 0.3) is 32.9 Å². The van der Waals surface area contributed by atoms with E-state index in [1.54, 1.807) is 50.1 Å². The molecule has 0 radical (unpaired) electrons. The minimum atomic E-state index is -0.367. The second-order valence-corrected chi connectivity index (χ2v) is 8.50. The number of anilines is 1. The highest BCUT2D eigenvalue weighted by Crippen LogP contribution is 2.35. The van der Waals surface area contributed by atoms with Crippen molar-refractivity contribution in [1.29, 1.82) is 0 Å². The van der Waals surface area contributed by atoms with E-state index in [4.69, 9.17) is 20.8 Å². The van der Waals surface area contributed by atoms with Crippen molar-refractivity contribution in [3.63, 3.8) is 0 Å². The van der Waals surface area contributed by atoms with Crippen LogP contribution in [0.4, 0.5) is 5.13 Å². The zero-order valence-electron chi connectivity index (χ0n) is 17.5. The van der Waals surface area contributed by atoms with Crippen molar-refractivity contribution in [1.82, 2.24) is 19.9 Å². The number of carbonyl (C=O) groups is 1. The number of ether oxygens (including phenoxy) is 1. The Bertz CT molecular complexity index is 1480. The lowest BCUT2D eigenvalue weighted by Gasteiger charge is -2.13. The SMILES string of the molecule is COc1ccc(Cl)cc1-c1cc(C)ncc1C(=O)Nc1nc2ncc(-c3ccoc3)nc2s1. The molecular weight excluding hydrogens is 462 g/mol. The van der Waals surface area contributed by atoms with Crippen LogP contribution in [0.5, 0.6) is 5.75 Å². The number of hydrogen-bond donors (Lipinski definition) is 1. The zero-order chi connectivity index (χ0) is 22.9. The average molecular weight is 478 g/mol. The third-order valence-corrected chi connectivity index (χ3v) is 5.99. The topological polar surface area (TPSA) is 103 Å². The molecule has 0 aliphatic carbocycles. The number of carbonyl (C=O) groups excluding carboxylic acids is 1. The lowest BCUT2D eigenvalue weighted by atomic mass is 9.99. The fraction of sp³-hybridized carbons (Fsp3) is 0.0870. The van der Waals surface area contributed by atoms with Crippen LogP contribution in [0.1, 0.15) is 16.1 Å². The maximum Gasteiger partial charge on any atom is 0.259 e. The molecular formula is C23H16ClN5O3S. The molecule has 0 bridgehead atoms. The minimum Gasteiger partial charge on any atom is -0.496 e. The van der Waals surface area contributed by atoms with Crippen molar-refractivity contribution in [2.45, 2.75) is 6.92 Å². The summed E-state index contributed by atoms with van der Waals surface area (Å²) in [5.74, 6) is 0.229. The number of aromatic nitrogens is 4. The first-order valence-corrected chi connectivity index (χ1v) is 11.0. The molecule has 0 saturated heterocycles. The average Bonchev–Trinajstić information content (AvgIpc) is 3.48. The van der Waals surface area contributed by atoms with Gasteiger partial charge in [0.05, 0.1) is 37.1 Å². The van der Waals surface area contributed by atoms with Gasteiger partial charge in [0.2, 0.25) is 0 Å². The summed E-state index contributed by atoms with van der Waals surface area (Å²) >= 11 is 7.45. The molecule has 0 unspecified atom stereocenters. The summed E-state index contributed by atoms with van der Waals surface area (Å²) in [6.07, 6.45) is 6.31. The molecule has 1 amide bonds. The normalized spacial score (nSPS) is 11.0. The van der Waals surface area contributed by atoms with Crippen LogP contribution in [-0.4, -0.2) is 33.0 Å². The molecule has 0 spiro atoms. The van der Waals surface area contributed by atoms with Crippen LogP contribution in [0.3, 0.4) is 0 Å². The predicted molar refractivity (Wildman–Crippen MR) is 127 cm³/mol. The molecule has 4 aromatic heterocycles. The summed E-state index contributed by atoms with van der Waals surface area (Å²) in [5.41, 5.74) is 4.38. The number of nitrogens with zero attached hydrogens (tertiary/aromatic N) is 4. The number of nitrogens with one attached hydrogen (secondary N) is 1. The number of furan rings is 1. The summed E-state index contributed by atoms with van der Waals surface area (Å²) in [4.78, 5) is 31.4. The summed E-state index contributed by atoms with van der Waals surface area (Å²) in [5, 5.41) is 3.75. The number of methoxy groups -OCH3 is 1. The van der Waals surface area contributed by atoms with Gasteiger partial charge in [-0.1, -0.05) is 22.9 Å². The number of halogens is 1. The molecule has 0 atom stereocenters.